The molecule has 1 amide bonds. The predicted molar refractivity (Wildman–Crippen MR) is 137 cm³/mol. The maximum absolute atomic E-state index is 13.0. The molecule has 32 heavy (non-hydrogen) atoms. The highest BCUT2D eigenvalue weighted by atomic mass is 127. The SMILES string of the molecule is COc1cc(/C=C2\C(=O)N(c3ccccc3)N=C2C)cc(I)c1OCc1ccc(Cl)cc1. The van der Waals surface area contributed by atoms with Crippen LogP contribution in [-0.4, -0.2) is 18.7 Å². The Morgan fingerprint density at radius 1 is 1.09 bits per heavy atom. The Bertz CT molecular complexity index is 1210. The Morgan fingerprint density at radius 3 is 2.50 bits per heavy atom. The first-order valence-electron chi connectivity index (χ1n) is 9.88. The molecule has 0 aliphatic carbocycles. The Morgan fingerprint density at radius 2 is 1.81 bits per heavy atom. The fourth-order valence-corrected chi connectivity index (χ4v) is 4.20. The molecule has 0 unspecified atom stereocenters. The van der Waals surface area contributed by atoms with Crippen molar-refractivity contribution in [2.24, 2.45) is 5.10 Å². The van der Waals surface area contributed by atoms with Crippen molar-refractivity contribution in [2.75, 3.05) is 12.1 Å². The monoisotopic (exact) mass is 558 g/mol. The number of benzene rings is 3. The lowest BCUT2D eigenvalue weighted by atomic mass is 10.1. The number of ether oxygens (including phenoxy) is 2. The van der Waals surface area contributed by atoms with E-state index in [1.807, 2.05) is 79.7 Å². The molecule has 0 aromatic heterocycles. The van der Waals surface area contributed by atoms with Crippen molar-refractivity contribution in [3.05, 3.63) is 92.0 Å². The molecule has 0 spiro atoms. The first-order chi connectivity index (χ1) is 15.5. The molecule has 3 aromatic carbocycles. The van der Waals surface area contributed by atoms with E-state index in [4.69, 9.17) is 21.1 Å². The Labute approximate surface area is 205 Å². The van der Waals surface area contributed by atoms with Crippen LogP contribution in [0.1, 0.15) is 18.1 Å². The van der Waals surface area contributed by atoms with Gasteiger partial charge < -0.3 is 9.47 Å². The second-order valence-corrected chi connectivity index (χ2v) is 8.74. The molecule has 4 rings (SSSR count). The number of anilines is 1. The van der Waals surface area contributed by atoms with E-state index in [0.29, 0.717) is 34.4 Å². The zero-order valence-corrected chi connectivity index (χ0v) is 20.4. The molecule has 162 valence electrons. The van der Waals surface area contributed by atoms with Crippen molar-refractivity contribution in [3.8, 4) is 11.5 Å². The summed E-state index contributed by atoms with van der Waals surface area (Å²) in [5.41, 5.74) is 3.77. The number of rotatable bonds is 6. The number of halogens is 2. The van der Waals surface area contributed by atoms with Gasteiger partial charge in [0.25, 0.3) is 5.91 Å². The predicted octanol–water partition coefficient (Wildman–Crippen LogP) is 6.34. The lowest BCUT2D eigenvalue weighted by molar-refractivity contribution is -0.114. The van der Waals surface area contributed by atoms with Crippen LogP contribution in [0.3, 0.4) is 0 Å². The molecule has 0 fully saturated rings. The largest absolute Gasteiger partial charge is 0.493 e. The van der Waals surface area contributed by atoms with Gasteiger partial charge in [-0.3, -0.25) is 4.79 Å². The van der Waals surface area contributed by atoms with Crippen LogP contribution < -0.4 is 14.5 Å². The van der Waals surface area contributed by atoms with Crippen molar-refractivity contribution in [3.63, 3.8) is 0 Å². The standard InChI is InChI=1S/C25H20ClIN2O3/c1-16-21(25(30)29(28-16)20-6-4-3-5-7-20)12-18-13-22(27)24(23(14-18)31-2)32-15-17-8-10-19(26)11-9-17/h3-14H,15H2,1-2H3/b21-12-. The summed E-state index contributed by atoms with van der Waals surface area (Å²) in [5, 5.41) is 6.54. The van der Waals surface area contributed by atoms with Crippen LogP contribution in [0, 0.1) is 3.57 Å². The average Bonchev–Trinajstić information content (AvgIpc) is 3.08. The van der Waals surface area contributed by atoms with Gasteiger partial charge >= 0.3 is 0 Å². The van der Waals surface area contributed by atoms with Crippen LogP contribution in [0.4, 0.5) is 5.69 Å². The van der Waals surface area contributed by atoms with Gasteiger partial charge in [0.2, 0.25) is 0 Å². The van der Waals surface area contributed by atoms with Crippen molar-refractivity contribution < 1.29 is 14.3 Å². The summed E-state index contributed by atoms with van der Waals surface area (Å²) in [4.78, 5) is 13.0. The van der Waals surface area contributed by atoms with Crippen molar-refractivity contribution in [1.29, 1.82) is 0 Å². The molecule has 1 aliphatic heterocycles. The molecule has 0 radical (unpaired) electrons. The lowest BCUT2D eigenvalue weighted by Crippen LogP contribution is -2.21. The molecule has 5 nitrogen and oxygen atoms in total. The summed E-state index contributed by atoms with van der Waals surface area (Å²) in [6, 6.07) is 20.7. The van der Waals surface area contributed by atoms with E-state index in [0.717, 1.165) is 20.4 Å². The number of hydrogen-bond donors (Lipinski definition) is 0. The first-order valence-corrected chi connectivity index (χ1v) is 11.3. The fourth-order valence-electron chi connectivity index (χ4n) is 3.29. The Balaban J connectivity index is 1.59. The molecule has 0 N–H and O–H groups in total. The third-order valence-corrected chi connectivity index (χ3v) is 5.98. The smallest absolute Gasteiger partial charge is 0.280 e. The zero-order valence-electron chi connectivity index (χ0n) is 17.5. The molecule has 0 saturated heterocycles. The highest BCUT2D eigenvalue weighted by molar-refractivity contribution is 14.1. The van der Waals surface area contributed by atoms with E-state index in [9.17, 15) is 4.79 Å². The second-order valence-electron chi connectivity index (χ2n) is 7.15. The van der Waals surface area contributed by atoms with E-state index in [2.05, 4.69) is 27.7 Å². The summed E-state index contributed by atoms with van der Waals surface area (Å²) in [6.45, 7) is 2.22. The molecular weight excluding hydrogens is 539 g/mol. The first kappa shape index (κ1) is 22.4. The molecule has 7 heteroatoms. The highest BCUT2D eigenvalue weighted by Crippen LogP contribution is 2.36. The van der Waals surface area contributed by atoms with Crippen molar-refractivity contribution >= 4 is 57.6 Å². The van der Waals surface area contributed by atoms with Crippen LogP contribution in [0.15, 0.2) is 77.4 Å². The maximum Gasteiger partial charge on any atom is 0.280 e. The average molecular weight is 559 g/mol. The van der Waals surface area contributed by atoms with Gasteiger partial charge in [0, 0.05) is 5.02 Å². The fraction of sp³-hybridized carbons (Fsp3) is 0.120. The van der Waals surface area contributed by atoms with Crippen LogP contribution >= 0.6 is 34.2 Å². The third kappa shape index (κ3) is 4.81. The number of carbonyl (C=O) groups excluding carboxylic acids is 1. The minimum atomic E-state index is -0.161. The molecule has 0 bridgehead atoms. The number of nitrogens with zero attached hydrogens (tertiary/aromatic N) is 2. The zero-order chi connectivity index (χ0) is 22.7. The van der Waals surface area contributed by atoms with Crippen LogP contribution in [0.25, 0.3) is 6.08 Å². The summed E-state index contributed by atoms with van der Waals surface area (Å²) in [7, 11) is 1.60. The van der Waals surface area contributed by atoms with Gasteiger partial charge in [-0.25, -0.2) is 0 Å². The minimum Gasteiger partial charge on any atom is -0.493 e. The molecule has 3 aromatic rings. The molecule has 1 aliphatic rings. The number of para-hydroxylation sites is 1. The normalized spacial score (nSPS) is 14.6. The van der Waals surface area contributed by atoms with Gasteiger partial charge in [-0.15, -0.1) is 0 Å². The molecular formula is C25H20ClIN2O3. The number of amides is 1. The molecule has 0 saturated carbocycles. The Hall–Kier alpha value is -2.84. The molecule has 1 heterocycles. The maximum atomic E-state index is 13.0. The van der Waals surface area contributed by atoms with E-state index in [1.165, 1.54) is 5.01 Å². The summed E-state index contributed by atoms with van der Waals surface area (Å²) in [5.74, 6) is 1.09. The molecule has 0 atom stereocenters. The van der Waals surface area contributed by atoms with Crippen LogP contribution in [0.5, 0.6) is 11.5 Å². The summed E-state index contributed by atoms with van der Waals surface area (Å²) in [6.07, 6.45) is 1.83. The Kier molecular flexibility index (Phi) is 6.81. The third-order valence-electron chi connectivity index (χ3n) is 4.92. The summed E-state index contributed by atoms with van der Waals surface area (Å²) < 4.78 is 12.5. The number of methoxy groups -OCH3 is 1. The van der Waals surface area contributed by atoms with E-state index < -0.39 is 0 Å². The van der Waals surface area contributed by atoms with Crippen molar-refractivity contribution in [2.45, 2.75) is 13.5 Å². The summed E-state index contributed by atoms with van der Waals surface area (Å²) >= 11 is 8.16. The van der Waals surface area contributed by atoms with E-state index >= 15 is 0 Å². The second kappa shape index (κ2) is 9.75. The number of hydrazone groups is 1. The lowest BCUT2D eigenvalue weighted by Gasteiger charge is -2.14. The number of carbonyl (C=O) groups is 1. The van der Waals surface area contributed by atoms with Gasteiger partial charge in [0.05, 0.1) is 27.7 Å². The van der Waals surface area contributed by atoms with Gasteiger partial charge in [0.15, 0.2) is 11.5 Å². The van der Waals surface area contributed by atoms with Gasteiger partial charge in [-0.05, 0) is 83.1 Å². The van der Waals surface area contributed by atoms with Crippen LogP contribution in [-0.2, 0) is 11.4 Å². The minimum absolute atomic E-state index is 0.161. The van der Waals surface area contributed by atoms with E-state index in [-0.39, 0.29) is 5.91 Å². The highest BCUT2D eigenvalue weighted by Gasteiger charge is 2.28. The van der Waals surface area contributed by atoms with E-state index in [1.54, 1.807) is 7.11 Å². The van der Waals surface area contributed by atoms with Crippen LogP contribution in [0.2, 0.25) is 5.02 Å². The van der Waals surface area contributed by atoms with Crippen molar-refractivity contribution in [1.82, 2.24) is 0 Å². The quantitative estimate of drug-likeness (QED) is 0.262. The van der Waals surface area contributed by atoms with Gasteiger partial charge in [0.1, 0.15) is 6.61 Å². The van der Waals surface area contributed by atoms with Gasteiger partial charge in [-0.2, -0.15) is 10.1 Å². The topological polar surface area (TPSA) is 51.1 Å². The van der Waals surface area contributed by atoms with Gasteiger partial charge in [-0.1, -0.05) is 41.9 Å². The number of hydrogen-bond acceptors (Lipinski definition) is 4.